The number of nitrogens with one attached hydrogen (secondary N) is 2. The summed E-state index contributed by atoms with van der Waals surface area (Å²) in [4.78, 5) is 57.8. The van der Waals surface area contributed by atoms with E-state index in [0.29, 0.717) is 38.6 Å². The van der Waals surface area contributed by atoms with Crippen LogP contribution < -0.4 is 22.1 Å². The molecule has 11 nitrogen and oxygen atoms in total. The highest BCUT2D eigenvalue weighted by Gasteiger charge is 2.41. The van der Waals surface area contributed by atoms with E-state index in [-0.39, 0.29) is 31.3 Å². The number of carboxylic acids is 1. The second kappa shape index (κ2) is 16.3. The van der Waals surface area contributed by atoms with Crippen molar-refractivity contribution in [3.8, 4) is 0 Å². The van der Waals surface area contributed by atoms with Crippen molar-refractivity contribution in [2.75, 3.05) is 13.1 Å². The van der Waals surface area contributed by atoms with Gasteiger partial charge in [-0.15, -0.1) is 0 Å². The van der Waals surface area contributed by atoms with Gasteiger partial charge >= 0.3 is 5.97 Å². The van der Waals surface area contributed by atoms with Gasteiger partial charge in [-0.1, -0.05) is 60.7 Å². The van der Waals surface area contributed by atoms with Crippen LogP contribution in [0.5, 0.6) is 0 Å². The molecule has 11 heteroatoms. The van der Waals surface area contributed by atoms with Crippen LogP contribution in [0.3, 0.4) is 0 Å². The van der Waals surface area contributed by atoms with E-state index in [1.165, 1.54) is 5.56 Å². The summed E-state index contributed by atoms with van der Waals surface area (Å²) in [5.41, 5.74) is 11.2. The molecule has 0 radical (unpaired) electrons. The van der Waals surface area contributed by atoms with E-state index in [9.17, 15) is 24.3 Å². The van der Waals surface area contributed by atoms with E-state index < -0.39 is 35.4 Å². The summed E-state index contributed by atoms with van der Waals surface area (Å²) in [6, 6.07) is 17.4. The van der Waals surface area contributed by atoms with Crippen molar-refractivity contribution in [3.05, 3.63) is 71.8 Å². The minimum Gasteiger partial charge on any atom is -0.480 e. The first-order chi connectivity index (χ1) is 20.6. The number of likely N-dealkylation sites (tertiary alicyclic amines) is 1. The normalized spacial score (nSPS) is 16.5. The number of carbonyl (C=O) groups is 4. The largest absolute Gasteiger partial charge is 0.480 e. The molecule has 0 saturated carbocycles. The first kappa shape index (κ1) is 33.1. The van der Waals surface area contributed by atoms with Gasteiger partial charge in [0, 0.05) is 25.9 Å². The number of aliphatic imine (C=N–C) groups is 1. The number of nitrogens with zero attached hydrogens (tertiary/aromatic N) is 2. The monoisotopic (exact) mass is 592 g/mol. The molecule has 43 heavy (non-hydrogen) atoms. The molecule has 2 aromatic rings. The summed E-state index contributed by atoms with van der Waals surface area (Å²) >= 11 is 0. The molecule has 232 valence electrons. The number of aliphatic carboxylic acids is 1. The smallest absolute Gasteiger partial charge is 0.326 e. The topological polar surface area (TPSA) is 180 Å². The number of carboxylic acid groups (broad SMARTS) is 1. The molecular formula is C32H44N6O5. The maximum absolute atomic E-state index is 13.6. The Bertz CT molecular complexity index is 1250. The SMILES string of the molecule is CC(Cc1ccccc1)(NC(=O)[C@@H]1CCCN1C(=O)CCCCc1ccccc1)C(=O)N[C@@H](CCCN=C(N)N)C(=O)O. The molecule has 3 amide bonds. The van der Waals surface area contributed by atoms with E-state index in [1.54, 1.807) is 11.8 Å². The molecule has 1 saturated heterocycles. The third-order valence-electron chi connectivity index (χ3n) is 7.67. The molecule has 7 N–H and O–H groups in total. The highest BCUT2D eigenvalue weighted by Crippen LogP contribution is 2.22. The van der Waals surface area contributed by atoms with E-state index >= 15 is 0 Å². The summed E-state index contributed by atoms with van der Waals surface area (Å²) in [6.07, 6.45) is 4.56. The van der Waals surface area contributed by atoms with E-state index in [0.717, 1.165) is 18.4 Å². The Hall–Kier alpha value is -4.41. The lowest BCUT2D eigenvalue weighted by Gasteiger charge is -2.34. The molecule has 1 aliphatic rings. The Labute approximate surface area is 253 Å². The number of amides is 3. The van der Waals surface area contributed by atoms with Gasteiger partial charge in [-0.3, -0.25) is 19.4 Å². The predicted molar refractivity (Wildman–Crippen MR) is 165 cm³/mol. The van der Waals surface area contributed by atoms with Gasteiger partial charge in [0.15, 0.2) is 5.96 Å². The number of nitrogens with two attached hydrogens (primary N) is 2. The Morgan fingerprint density at radius 2 is 1.65 bits per heavy atom. The van der Waals surface area contributed by atoms with Crippen molar-refractivity contribution in [1.82, 2.24) is 15.5 Å². The Kier molecular flexibility index (Phi) is 12.5. The minimum atomic E-state index is -1.47. The number of benzene rings is 2. The van der Waals surface area contributed by atoms with Crippen LogP contribution in [-0.2, 0) is 32.0 Å². The molecule has 1 heterocycles. The van der Waals surface area contributed by atoms with Crippen molar-refractivity contribution in [2.24, 2.45) is 16.5 Å². The Balaban J connectivity index is 1.67. The number of rotatable bonds is 16. The van der Waals surface area contributed by atoms with Gasteiger partial charge < -0.3 is 32.1 Å². The Morgan fingerprint density at radius 3 is 2.28 bits per heavy atom. The summed E-state index contributed by atoms with van der Waals surface area (Å²) in [5.74, 6) is -2.43. The lowest BCUT2D eigenvalue weighted by molar-refractivity contribution is -0.144. The summed E-state index contributed by atoms with van der Waals surface area (Å²) in [6.45, 7) is 2.28. The minimum absolute atomic E-state index is 0.0772. The van der Waals surface area contributed by atoms with Crippen LogP contribution in [0.25, 0.3) is 0 Å². The average molecular weight is 593 g/mol. The molecule has 3 atom stereocenters. The maximum Gasteiger partial charge on any atom is 0.326 e. The average Bonchev–Trinajstić information content (AvgIpc) is 3.48. The second-order valence-electron chi connectivity index (χ2n) is 11.2. The van der Waals surface area contributed by atoms with Gasteiger partial charge in [-0.05, 0) is 63.0 Å². The molecule has 1 unspecified atom stereocenters. The molecule has 0 aromatic heterocycles. The van der Waals surface area contributed by atoms with E-state index in [2.05, 4.69) is 27.8 Å². The van der Waals surface area contributed by atoms with Crippen LogP contribution >= 0.6 is 0 Å². The van der Waals surface area contributed by atoms with Gasteiger partial charge in [-0.2, -0.15) is 0 Å². The third-order valence-corrected chi connectivity index (χ3v) is 7.67. The zero-order chi connectivity index (χ0) is 31.2. The number of aryl methyl sites for hydroxylation is 1. The van der Waals surface area contributed by atoms with Crippen molar-refractivity contribution in [3.63, 3.8) is 0 Å². The predicted octanol–water partition coefficient (Wildman–Crippen LogP) is 2.13. The quantitative estimate of drug-likeness (QED) is 0.112. The molecule has 2 aromatic carbocycles. The maximum atomic E-state index is 13.6. The first-order valence-corrected chi connectivity index (χ1v) is 14.9. The van der Waals surface area contributed by atoms with Crippen molar-refractivity contribution in [1.29, 1.82) is 0 Å². The van der Waals surface area contributed by atoms with Gasteiger partial charge in [0.1, 0.15) is 17.6 Å². The number of carbonyl (C=O) groups excluding carboxylic acids is 3. The van der Waals surface area contributed by atoms with E-state index in [1.807, 2.05) is 48.5 Å². The zero-order valence-corrected chi connectivity index (χ0v) is 24.8. The number of hydrogen-bond donors (Lipinski definition) is 5. The summed E-state index contributed by atoms with van der Waals surface area (Å²) in [7, 11) is 0. The van der Waals surface area contributed by atoms with Gasteiger partial charge in [0.25, 0.3) is 0 Å². The van der Waals surface area contributed by atoms with Gasteiger partial charge in [0.05, 0.1) is 0 Å². The van der Waals surface area contributed by atoms with Crippen LogP contribution in [0.4, 0.5) is 0 Å². The van der Waals surface area contributed by atoms with Crippen LogP contribution in [0, 0.1) is 0 Å². The molecule has 1 aliphatic heterocycles. The molecule has 0 aliphatic carbocycles. The molecule has 1 fully saturated rings. The lowest BCUT2D eigenvalue weighted by Crippen LogP contribution is -2.63. The fourth-order valence-corrected chi connectivity index (χ4v) is 5.35. The molecule has 0 spiro atoms. The molecule has 0 bridgehead atoms. The second-order valence-corrected chi connectivity index (χ2v) is 11.2. The van der Waals surface area contributed by atoms with Crippen LogP contribution in [0.2, 0.25) is 0 Å². The molecular weight excluding hydrogens is 548 g/mol. The standard InChI is InChI=1S/C32H44N6O5/c1-32(22-24-15-6-3-7-16-24,30(43)36-25(29(41)42)17-10-20-35-31(33)34)37-28(40)26-18-11-21-38(26)27(39)19-9-8-14-23-12-4-2-5-13-23/h2-7,12-13,15-16,25-26H,8-11,14,17-22H2,1H3,(H,36,43)(H,37,40)(H,41,42)(H4,33,34,35)/t25-,26-,32?/m0/s1. The zero-order valence-electron chi connectivity index (χ0n) is 24.8. The number of hydrogen-bond acceptors (Lipinski definition) is 5. The summed E-state index contributed by atoms with van der Waals surface area (Å²) < 4.78 is 0. The van der Waals surface area contributed by atoms with Crippen molar-refractivity contribution < 1.29 is 24.3 Å². The first-order valence-electron chi connectivity index (χ1n) is 14.9. The number of unbranched alkanes of at least 4 members (excludes halogenated alkanes) is 1. The van der Waals surface area contributed by atoms with Crippen LogP contribution in [-0.4, -0.2) is 70.4 Å². The van der Waals surface area contributed by atoms with Crippen molar-refractivity contribution >= 4 is 29.7 Å². The van der Waals surface area contributed by atoms with Crippen LogP contribution in [0.15, 0.2) is 65.7 Å². The fraction of sp³-hybridized carbons (Fsp3) is 0.469. The van der Waals surface area contributed by atoms with Crippen molar-refractivity contribution in [2.45, 2.75) is 82.3 Å². The fourth-order valence-electron chi connectivity index (χ4n) is 5.35. The number of guanidine groups is 1. The lowest BCUT2D eigenvalue weighted by atomic mass is 9.90. The van der Waals surface area contributed by atoms with Gasteiger partial charge in [-0.25, -0.2) is 4.79 Å². The highest BCUT2D eigenvalue weighted by molar-refractivity contribution is 5.96. The highest BCUT2D eigenvalue weighted by atomic mass is 16.4. The van der Waals surface area contributed by atoms with Crippen LogP contribution in [0.1, 0.15) is 63.0 Å². The molecule has 3 rings (SSSR count). The Morgan fingerprint density at radius 1 is 1.00 bits per heavy atom. The van der Waals surface area contributed by atoms with E-state index in [4.69, 9.17) is 11.5 Å². The summed E-state index contributed by atoms with van der Waals surface area (Å²) in [5, 5.41) is 15.2. The van der Waals surface area contributed by atoms with Gasteiger partial charge in [0.2, 0.25) is 17.7 Å². The third kappa shape index (κ3) is 10.4.